The van der Waals surface area contributed by atoms with Gasteiger partial charge in [-0.3, -0.25) is 4.79 Å². The first-order valence-electron chi connectivity index (χ1n) is 5.71. The smallest absolute Gasteiger partial charge is 0.256 e. The van der Waals surface area contributed by atoms with Crippen molar-refractivity contribution in [2.45, 2.75) is 13.2 Å². The molecule has 2 aromatic rings. The lowest BCUT2D eigenvalue weighted by atomic mass is 10.1. The van der Waals surface area contributed by atoms with E-state index in [2.05, 4.69) is 15.3 Å². The van der Waals surface area contributed by atoms with E-state index in [0.29, 0.717) is 18.8 Å². The number of carbonyl (C=O) groups is 1. The van der Waals surface area contributed by atoms with E-state index >= 15 is 0 Å². The van der Waals surface area contributed by atoms with E-state index < -0.39 is 0 Å². The van der Waals surface area contributed by atoms with Gasteiger partial charge in [-0.25, -0.2) is 9.97 Å². The highest BCUT2D eigenvalue weighted by Gasteiger charge is 2.15. The van der Waals surface area contributed by atoms with Crippen LogP contribution < -0.4 is 5.32 Å². The van der Waals surface area contributed by atoms with Gasteiger partial charge in [0.05, 0.1) is 13.2 Å². The molecule has 3 rings (SSSR count). The molecule has 0 atom stereocenters. The zero-order valence-corrected chi connectivity index (χ0v) is 10.6. The van der Waals surface area contributed by atoms with Gasteiger partial charge in [0.15, 0.2) is 11.0 Å². The number of benzene rings is 1. The summed E-state index contributed by atoms with van der Waals surface area (Å²) < 4.78 is 5.31. The molecule has 0 fully saturated rings. The van der Waals surface area contributed by atoms with Crippen LogP contribution >= 0.6 is 11.6 Å². The largest absolute Gasteiger partial charge is 0.372 e. The lowest BCUT2D eigenvalue weighted by Gasteiger charge is -2.06. The van der Waals surface area contributed by atoms with Crippen LogP contribution in [0.2, 0.25) is 5.15 Å². The Bertz CT molecular complexity index is 646. The third-order valence-electron chi connectivity index (χ3n) is 2.87. The number of anilines is 1. The van der Waals surface area contributed by atoms with Crippen molar-refractivity contribution in [1.29, 1.82) is 0 Å². The van der Waals surface area contributed by atoms with Gasteiger partial charge in [0.25, 0.3) is 5.91 Å². The Balaban J connectivity index is 1.83. The summed E-state index contributed by atoms with van der Waals surface area (Å²) in [5.41, 5.74) is 2.71. The highest BCUT2D eigenvalue weighted by atomic mass is 35.5. The molecule has 1 aliphatic rings. The SMILES string of the molecule is O=C(Nc1nccnc1Cl)c1ccc2c(c1)COC2. The average molecular weight is 276 g/mol. The predicted octanol–water partition coefficient (Wildman–Crippen LogP) is 2.41. The summed E-state index contributed by atoms with van der Waals surface area (Å²) in [7, 11) is 0. The minimum absolute atomic E-state index is 0.167. The van der Waals surface area contributed by atoms with Crippen molar-refractivity contribution >= 4 is 23.3 Å². The normalized spacial score (nSPS) is 13.1. The van der Waals surface area contributed by atoms with Gasteiger partial charge >= 0.3 is 0 Å². The van der Waals surface area contributed by atoms with Gasteiger partial charge in [-0.15, -0.1) is 0 Å². The topological polar surface area (TPSA) is 64.1 Å². The Morgan fingerprint density at radius 1 is 1.21 bits per heavy atom. The lowest BCUT2D eigenvalue weighted by molar-refractivity contribution is 0.102. The second-order valence-corrected chi connectivity index (χ2v) is 4.48. The molecular formula is C13H10ClN3O2. The van der Waals surface area contributed by atoms with E-state index in [1.54, 1.807) is 6.07 Å². The van der Waals surface area contributed by atoms with Crippen LogP contribution in [0, 0.1) is 0 Å². The molecule has 0 spiro atoms. The predicted molar refractivity (Wildman–Crippen MR) is 69.9 cm³/mol. The van der Waals surface area contributed by atoms with Gasteiger partial charge < -0.3 is 10.1 Å². The van der Waals surface area contributed by atoms with E-state index in [9.17, 15) is 4.79 Å². The molecule has 1 amide bonds. The van der Waals surface area contributed by atoms with Crippen molar-refractivity contribution < 1.29 is 9.53 Å². The Morgan fingerprint density at radius 3 is 2.84 bits per heavy atom. The summed E-state index contributed by atoms with van der Waals surface area (Å²) in [5.74, 6) is -0.0111. The van der Waals surface area contributed by atoms with Crippen molar-refractivity contribution in [3.63, 3.8) is 0 Å². The number of nitrogens with one attached hydrogen (secondary N) is 1. The number of hydrogen-bond donors (Lipinski definition) is 1. The fourth-order valence-corrected chi connectivity index (χ4v) is 2.05. The third kappa shape index (κ3) is 2.43. The molecule has 1 aromatic carbocycles. The summed E-state index contributed by atoms with van der Waals surface area (Å²) in [6, 6.07) is 5.48. The molecule has 1 aromatic heterocycles. The van der Waals surface area contributed by atoms with Crippen LogP contribution in [0.1, 0.15) is 21.5 Å². The number of halogens is 1. The summed E-state index contributed by atoms with van der Waals surface area (Å²) in [6.07, 6.45) is 2.93. The number of aromatic nitrogens is 2. The molecule has 0 unspecified atom stereocenters. The maximum absolute atomic E-state index is 12.1. The van der Waals surface area contributed by atoms with Crippen LogP contribution in [0.5, 0.6) is 0 Å². The zero-order valence-electron chi connectivity index (χ0n) is 9.89. The third-order valence-corrected chi connectivity index (χ3v) is 3.15. The van der Waals surface area contributed by atoms with Crippen molar-refractivity contribution in [3.05, 3.63) is 52.4 Å². The average Bonchev–Trinajstić information content (AvgIpc) is 2.88. The highest BCUT2D eigenvalue weighted by molar-refractivity contribution is 6.32. The van der Waals surface area contributed by atoms with Gasteiger partial charge in [-0.05, 0) is 23.3 Å². The molecule has 2 heterocycles. The van der Waals surface area contributed by atoms with Crippen LogP contribution in [-0.4, -0.2) is 15.9 Å². The quantitative estimate of drug-likeness (QED) is 0.914. The van der Waals surface area contributed by atoms with Crippen molar-refractivity contribution in [2.75, 3.05) is 5.32 Å². The molecule has 1 aliphatic heterocycles. The van der Waals surface area contributed by atoms with E-state index in [0.717, 1.165) is 11.1 Å². The van der Waals surface area contributed by atoms with Crippen LogP contribution in [0.15, 0.2) is 30.6 Å². The number of ether oxygens (including phenoxy) is 1. The van der Waals surface area contributed by atoms with Gasteiger partial charge in [-0.1, -0.05) is 17.7 Å². The second kappa shape index (κ2) is 4.95. The molecule has 0 radical (unpaired) electrons. The Labute approximate surface area is 114 Å². The molecule has 19 heavy (non-hydrogen) atoms. The minimum Gasteiger partial charge on any atom is -0.372 e. The molecule has 96 valence electrons. The van der Waals surface area contributed by atoms with Crippen LogP contribution in [-0.2, 0) is 18.0 Å². The number of amides is 1. The molecule has 0 aliphatic carbocycles. The van der Waals surface area contributed by atoms with Gasteiger partial charge in [0, 0.05) is 18.0 Å². The monoisotopic (exact) mass is 275 g/mol. The number of rotatable bonds is 2. The number of hydrogen-bond acceptors (Lipinski definition) is 4. The molecule has 0 bridgehead atoms. The van der Waals surface area contributed by atoms with Crippen molar-refractivity contribution in [1.82, 2.24) is 9.97 Å². The summed E-state index contributed by atoms with van der Waals surface area (Å²) in [6.45, 7) is 1.15. The van der Waals surface area contributed by atoms with Crippen LogP contribution in [0.4, 0.5) is 5.82 Å². The molecule has 1 N–H and O–H groups in total. The zero-order chi connectivity index (χ0) is 13.2. The van der Waals surface area contributed by atoms with Crippen molar-refractivity contribution in [2.24, 2.45) is 0 Å². The van der Waals surface area contributed by atoms with Gasteiger partial charge in [-0.2, -0.15) is 0 Å². The number of carbonyl (C=O) groups excluding carboxylic acids is 1. The Hall–Kier alpha value is -1.98. The first-order valence-corrected chi connectivity index (χ1v) is 6.09. The Morgan fingerprint density at radius 2 is 2.00 bits per heavy atom. The first-order chi connectivity index (χ1) is 9.24. The van der Waals surface area contributed by atoms with Crippen molar-refractivity contribution in [3.8, 4) is 0 Å². The van der Waals surface area contributed by atoms with Gasteiger partial charge in [0.1, 0.15) is 0 Å². The molecule has 0 saturated heterocycles. The fraction of sp³-hybridized carbons (Fsp3) is 0.154. The second-order valence-electron chi connectivity index (χ2n) is 4.13. The summed E-state index contributed by atoms with van der Waals surface area (Å²) in [5, 5.41) is 2.80. The van der Waals surface area contributed by atoms with Gasteiger partial charge in [0.2, 0.25) is 0 Å². The van der Waals surface area contributed by atoms with E-state index in [4.69, 9.17) is 16.3 Å². The highest BCUT2D eigenvalue weighted by Crippen LogP contribution is 2.22. The lowest BCUT2D eigenvalue weighted by Crippen LogP contribution is -2.14. The fourth-order valence-electron chi connectivity index (χ4n) is 1.90. The van der Waals surface area contributed by atoms with Crippen LogP contribution in [0.3, 0.4) is 0 Å². The first kappa shape index (κ1) is 12.1. The van der Waals surface area contributed by atoms with E-state index in [1.165, 1.54) is 12.4 Å². The summed E-state index contributed by atoms with van der Waals surface area (Å²) in [4.78, 5) is 19.9. The van der Waals surface area contributed by atoms with E-state index in [-0.39, 0.29) is 16.9 Å². The molecule has 0 saturated carbocycles. The number of nitrogens with zero attached hydrogens (tertiary/aromatic N) is 2. The van der Waals surface area contributed by atoms with E-state index in [1.807, 2.05) is 12.1 Å². The maximum Gasteiger partial charge on any atom is 0.256 e. The van der Waals surface area contributed by atoms with Crippen LogP contribution in [0.25, 0.3) is 0 Å². The minimum atomic E-state index is -0.267. The maximum atomic E-state index is 12.1. The molecular weight excluding hydrogens is 266 g/mol. The standard InChI is InChI=1S/C13H10ClN3O2/c14-11-12(16-4-3-15-11)17-13(18)8-1-2-9-6-19-7-10(9)5-8/h1-5H,6-7H2,(H,16,17,18). The Kier molecular flexibility index (Phi) is 3.15. The summed E-state index contributed by atoms with van der Waals surface area (Å²) >= 11 is 5.84. The number of fused-ring (bicyclic) bond motifs is 1. The molecule has 5 nitrogen and oxygen atoms in total. The molecule has 6 heteroatoms.